The van der Waals surface area contributed by atoms with Gasteiger partial charge in [0.15, 0.2) is 0 Å². The third-order valence-corrected chi connectivity index (χ3v) is 2.63. The third-order valence-electron chi connectivity index (χ3n) is 2.63. The summed E-state index contributed by atoms with van der Waals surface area (Å²) in [6.07, 6.45) is 2.09. The molecule has 2 rings (SSSR count). The monoisotopic (exact) mass is 281 g/mol. The first-order valence-corrected chi connectivity index (χ1v) is 6.10. The molecule has 7 heteroatoms. The normalized spacial score (nSPS) is 10.8. The van der Waals surface area contributed by atoms with Gasteiger partial charge in [0.1, 0.15) is 11.4 Å². The van der Waals surface area contributed by atoms with Crippen LogP contribution < -0.4 is 4.74 Å². The van der Waals surface area contributed by atoms with Crippen LogP contribution in [-0.2, 0) is 6.54 Å². The molecule has 1 aromatic heterocycles. The van der Waals surface area contributed by atoms with Crippen molar-refractivity contribution >= 4 is 5.78 Å². The molecular weight excluding hydrogens is 268 g/mol. The van der Waals surface area contributed by atoms with Crippen molar-refractivity contribution in [3.8, 4) is 5.75 Å². The largest absolute Gasteiger partial charge is 0.434 e. The Morgan fingerprint density at radius 2 is 2.15 bits per heavy atom. The number of hydrogen-bond donors (Lipinski definition) is 0. The molecule has 0 atom stereocenters. The molecule has 0 saturated carbocycles. The maximum atomic E-state index is 12.4. The van der Waals surface area contributed by atoms with Gasteiger partial charge < -0.3 is 4.74 Å². The smallest absolute Gasteiger partial charge is 0.387 e. The van der Waals surface area contributed by atoms with Crippen LogP contribution in [0.3, 0.4) is 0 Å². The second-order valence-corrected chi connectivity index (χ2v) is 4.05. The Morgan fingerprint density at radius 1 is 1.40 bits per heavy atom. The molecule has 0 radical (unpaired) electrons. The summed E-state index contributed by atoms with van der Waals surface area (Å²) in [6.45, 7) is -0.523. The van der Waals surface area contributed by atoms with E-state index in [1.807, 2.05) is 6.92 Å². The highest BCUT2D eigenvalue weighted by molar-refractivity contribution is 6.09. The zero-order chi connectivity index (χ0) is 14.5. The summed E-state index contributed by atoms with van der Waals surface area (Å²) >= 11 is 0. The van der Waals surface area contributed by atoms with E-state index in [9.17, 15) is 13.6 Å². The van der Waals surface area contributed by atoms with Crippen molar-refractivity contribution in [2.45, 2.75) is 26.5 Å². The molecule has 0 fully saturated rings. The van der Waals surface area contributed by atoms with Gasteiger partial charge in [-0.15, -0.1) is 5.10 Å². The van der Waals surface area contributed by atoms with Gasteiger partial charge in [0.25, 0.3) is 0 Å². The van der Waals surface area contributed by atoms with Crippen molar-refractivity contribution in [1.82, 2.24) is 15.0 Å². The zero-order valence-corrected chi connectivity index (χ0v) is 10.8. The Labute approximate surface area is 114 Å². The number of carbonyl (C=O) groups is 1. The van der Waals surface area contributed by atoms with Gasteiger partial charge in [0, 0.05) is 6.54 Å². The van der Waals surface area contributed by atoms with Crippen LogP contribution in [0.25, 0.3) is 0 Å². The fourth-order valence-corrected chi connectivity index (χ4v) is 1.80. The number of aromatic nitrogens is 3. The van der Waals surface area contributed by atoms with Crippen LogP contribution in [0.4, 0.5) is 8.78 Å². The van der Waals surface area contributed by atoms with E-state index in [0.717, 1.165) is 6.42 Å². The van der Waals surface area contributed by atoms with Crippen molar-refractivity contribution in [1.29, 1.82) is 0 Å². The molecule has 0 amide bonds. The summed E-state index contributed by atoms with van der Waals surface area (Å²) in [5, 5.41) is 7.48. The van der Waals surface area contributed by atoms with Gasteiger partial charge in [-0.05, 0) is 18.6 Å². The molecule has 2 aromatic rings. The van der Waals surface area contributed by atoms with Gasteiger partial charge in [0.05, 0.1) is 11.8 Å². The summed E-state index contributed by atoms with van der Waals surface area (Å²) in [5.41, 5.74) is 0.310. The summed E-state index contributed by atoms with van der Waals surface area (Å²) in [4.78, 5) is 12.4. The van der Waals surface area contributed by atoms with Gasteiger partial charge in [-0.25, -0.2) is 4.68 Å². The Hall–Kier alpha value is -2.31. The van der Waals surface area contributed by atoms with Gasteiger partial charge in [-0.3, -0.25) is 4.79 Å². The number of hydrogen-bond acceptors (Lipinski definition) is 4. The Kier molecular flexibility index (Phi) is 4.39. The third kappa shape index (κ3) is 2.98. The lowest BCUT2D eigenvalue weighted by Crippen LogP contribution is -2.13. The number of carbonyl (C=O) groups excluding carboxylic acids is 1. The fourth-order valence-electron chi connectivity index (χ4n) is 1.80. The first-order valence-electron chi connectivity index (χ1n) is 6.10. The predicted molar refractivity (Wildman–Crippen MR) is 66.8 cm³/mol. The lowest BCUT2D eigenvalue weighted by atomic mass is 10.1. The summed E-state index contributed by atoms with van der Waals surface area (Å²) < 4.78 is 30.5. The van der Waals surface area contributed by atoms with E-state index in [2.05, 4.69) is 15.0 Å². The highest BCUT2D eigenvalue weighted by Gasteiger charge is 2.20. The SMILES string of the molecule is CCCn1nncc1C(=O)c1ccccc1OC(F)F. The molecule has 0 saturated heterocycles. The predicted octanol–water partition coefficient (Wildman–Crippen LogP) is 2.52. The second-order valence-electron chi connectivity index (χ2n) is 4.05. The van der Waals surface area contributed by atoms with Crippen LogP contribution in [0.2, 0.25) is 0 Å². The number of aryl methyl sites for hydroxylation is 1. The number of alkyl halides is 2. The van der Waals surface area contributed by atoms with Gasteiger partial charge >= 0.3 is 6.61 Å². The van der Waals surface area contributed by atoms with Crippen LogP contribution in [0.1, 0.15) is 29.4 Å². The number of ether oxygens (including phenoxy) is 1. The molecular formula is C13H13F2N3O2. The molecule has 1 heterocycles. The van der Waals surface area contributed by atoms with Crippen molar-refractivity contribution in [2.24, 2.45) is 0 Å². The topological polar surface area (TPSA) is 57.0 Å². The van der Waals surface area contributed by atoms with E-state index in [1.54, 1.807) is 6.07 Å². The molecule has 1 aromatic carbocycles. The average Bonchev–Trinajstić information content (AvgIpc) is 2.86. The van der Waals surface area contributed by atoms with E-state index in [1.165, 1.54) is 29.1 Å². The molecule has 5 nitrogen and oxygen atoms in total. The quantitative estimate of drug-likeness (QED) is 0.763. The lowest BCUT2D eigenvalue weighted by molar-refractivity contribution is -0.0501. The minimum Gasteiger partial charge on any atom is -0.434 e. The highest BCUT2D eigenvalue weighted by atomic mass is 19.3. The maximum absolute atomic E-state index is 12.4. The van der Waals surface area contributed by atoms with E-state index < -0.39 is 12.4 Å². The second kappa shape index (κ2) is 6.23. The first kappa shape index (κ1) is 14.1. The summed E-state index contributed by atoms with van der Waals surface area (Å²) in [5.74, 6) is -0.601. The van der Waals surface area contributed by atoms with Crippen LogP contribution in [-0.4, -0.2) is 27.4 Å². The van der Waals surface area contributed by atoms with Crippen LogP contribution in [0.15, 0.2) is 30.5 Å². The van der Waals surface area contributed by atoms with Crippen molar-refractivity contribution in [3.63, 3.8) is 0 Å². The van der Waals surface area contributed by atoms with Crippen LogP contribution in [0.5, 0.6) is 5.75 Å². The minimum atomic E-state index is -2.98. The Bertz CT molecular complexity index is 599. The molecule has 0 aliphatic heterocycles. The molecule has 0 spiro atoms. The molecule has 106 valence electrons. The van der Waals surface area contributed by atoms with Gasteiger partial charge in [-0.1, -0.05) is 24.3 Å². The summed E-state index contributed by atoms with van der Waals surface area (Å²) in [7, 11) is 0. The average molecular weight is 281 g/mol. The lowest BCUT2D eigenvalue weighted by Gasteiger charge is -2.10. The molecule has 0 unspecified atom stereocenters. The molecule has 0 bridgehead atoms. The Morgan fingerprint density at radius 3 is 2.85 bits per heavy atom. The number of rotatable bonds is 6. The Balaban J connectivity index is 2.35. The molecule has 20 heavy (non-hydrogen) atoms. The number of benzene rings is 1. The van der Waals surface area contributed by atoms with E-state index >= 15 is 0 Å². The maximum Gasteiger partial charge on any atom is 0.387 e. The fraction of sp³-hybridized carbons (Fsp3) is 0.308. The minimum absolute atomic E-state index is 0.0625. The van der Waals surface area contributed by atoms with Gasteiger partial charge in [-0.2, -0.15) is 8.78 Å². The van der Waals surface area contributed by atoms with Crippen molar-refractivity contribution in [2.75, 3.05) is 0 Å². The highest BCUT2D eigenvalue weighted by Crippen LogP contribution is 2.23. The van der Waals surface area contributed by atoms with Crippen molar-refractivity contribution < 1.29 is 18.3 Å². The standard InChI is InChI=1S/C13H13F2N3O2/c1-2-7-18-10(8-16-17-18)12(19)9-5-3-4-6-11(9)20-13(14)15/h3-6,8,13H,2,7H2,1H3. The number of halogens is 2. The number of nitrogens with zero attached hydrogens (tertiary/aromatic N) is 3. The first-order chi connectivity index (χ1) is 9.63. The summed E-state index contributed by atoms with van der Waals surface area (Å²) in [6, 6.07) is 5.87. The number of para-hydroxylation sites is 1. The van der Waals surface area contributed by atoms with E-state index in [-0.39, 0.29) is 17.0 Å². The molecule has 0 aliphatic rings. The van der Waals surface area contributed by atoms with Crippen LogP contribution in [0, 0.1) is 0 Å². The molecule has 0 aliphatic carbocycles. The van der Waals surface area contributed by atoms with Gasteiger partial charge in [0.2, 0.25) is 5.78 Å². The van der Waals surface area contributed by atoms with Crippen molar-refractivity contribution in [3.05, 3.63) is 41.7 Å². The number of ketones is 1. The van der Waals surface area contributed by atoms with E-state index in [0.29, 0.717) is 6.54 Å². The zero-order valence-electron chi connectivity index (χ0n) is 10.8. The van der Waals surface area contributed by atoms with E-state index in [4.69, 9.17) is 0 Å². The molecule has 0 N–H and O–H groups in total. The van der Waals surface area contributed by atoms with Crippen LogP contribution >= 0.6 is 0 Å².